The van der Waals surface area contributed by atoms with Gasteiger partial charge in [0.15, 0.2) is 0 Å². The summed E-state index contributed by atoms with van der Waals surface area (Å²) in [5.74, 6) is 0.179. The van der Waals surface area contributed by atoms with Crippen molar-refractivity contribution in [3.05, 3.63) is 64.2 Å². The maximum Gasteiger partial charge on any atom is 0.228 e. The van der Waals surface area contributed by atoms with Crippen LogP contribution in [0.25, 0.3) is 0 Å². The van der Waals surface area contributed by atoms with E-state index >= 15 is 0 Å². The summed E-state index contributed by atoms with van der Waals surface area (Å²) in [6.45, 7) is 6.78. The predicted molar refractivity (Wildman–Crippen MR) is 104 cm³/mol. The highest BCUT2D eigenvalue weighted by Gasteiger charge is 2.26. The lowest BCUT2D eigenvalue weighted by atomic mass is 9.96. The first-order valence-corrected chi connectivity index (χ1v) is 9.24. The summed E-state index contributed by atoms with van der Waals surface area (Å²) in [4.78, 5) is 15.1. The summed E-state index contributed by atoms with van der Waals surface area (Å²) in [7, 11) is 0. The fraction of sp³-hybridized carbons (Fsp3) is 0.381. The molecular formula is C21H25ClN2O. The van der Waals surface area contributed by atoms with Crippen LogP contribution in [0.3, 0.4) is 0 Å². The molecule has 25 heavy (non-hydrogen) atoms. The van der Waals surface area contributed by atoms with E-state index in [0.29, 0.717) is 0 Å². The Morgan fingerprint density at radius 2 is 1.84 bits per heavy atom. The van der Waals surface area contributed by atoms with Gasteiger partial charge in [-0.25, -0.2) is 0 Å². The molecule has 2 aromatic rings. The molecule has 2 aromatic carbocycles. The molecule has 0 aliphatic carbocycles. The van der Waals surface area contributed by atoms with E-state index in [9.17, 15) is 4.79 Å². The number of halogens is 1. The molecule has 0 saturated carbocycles. The fourth-order valence-corrected chi connectivity index (χ4v) is 3.62. The summed E-state index contributed by atoms with van der Waals surface area (Å²) < 4.78 is 0. The second-order valence-corrected chi connectivity index (χ2v) is 7.39. The van der Waals surface area contributed by atoms with Crippen LogP contribution in [0.4, 0.5) is 5.69 Å². The Hall–Kier alpha value is -1.84. The Morgan fingerprint density at radius 3 is 2.52 bits per heavy atom. The molecule has 1 atom stereocenters. The third-order valence-corrected chi connectivity index (χ3v) is 5.18. The van der Waals surface area contributed by atoms with Gasteiger partial charge in [-0.15, -0.1) is 0 Å². The molecule has 0 spiro atoms. The highest BCUT2D eigenvalue weighted by Crippen LogP contribution is 2.24. The molecule has 1 unspecified atom stereocenters. The molecule has 1 heterocycles. The monoisotopic (exact) mass is 356 g/mol. The molecule has 1 N–H and O–H groups in total. The normalized spacial score (nSPS) is 18.1. The van der Waals surface area contributed by atoms with Gasteiger partial charge < -0.3 is 5.32 Å². The first-order valence-electron chi connectivity index (χ1n) is 8.87. The molecule has 0 aromatic heterocycles. The molecule has 3 rings (SSSR count). The molecular weight excluding hydrogens is 332 g/mol. The highest BCUT2D eigenvalue weighted by molar-refractivity contribution is 6.30. The van der Waals surface area contributed by atoms with Crippen molar-refractivity contribution >= 4 is 23.2 Å². The van der Waals surface area contributed by atoms with Crippen LogP contribution >= 0.6 is 11.6 Å². The maximum absolute atomic E-state index is 12.8. The number of carbonyl (C=O) groups excluding carboxylic acids is 1. The second kappa shape index (κ2) is 8.03. The van der Waals surface area contributed by atoms with Gasteiger partial charge in [0.1, 0.15) is 0 Å². The zero-order valence-corrected chi connectivity index (χ0v) is 15.6. The second-order valence-electron chi connectivity index (χ2n) is 6.96. The number of piperidine rings is 1. The molecule has 132 valence electrons. The smallest absolute Gasteiger partial charge is 0.228 e. The van der Waals surface area contributed by atoms with Gasteiger partial charge in [-0.05, 0) is 62.1 Å². The van der Waals surface area contributed by atoms with Crippen LogP contribution in [0, 0.1) is 19.8 Å². The van der Waals surface area contributed by atoms with Crippen molar-refractivity contribution in [2.24, 2.45) is 5.92 Å². The van der Waals surface area contributed by atoms with E-state index in [2.05, 4.69) is 22.3 Å². The van der Waals surface area contributed by atoms with Gasteiger partial charge in [-0.1, -0.05) is 41.9 Å². The molecule has 1 aliphatic rings. The first kappa shape index (κ1) is 18.0. The van der Waals surface area contributed by atoms with Gasteiger partial charge in [0, 0.05) is 23.8 Å². The zero-order valence-electron chi connectivity index (χ0n) is 14.9. The molecule has 0 bridgehead atoms. The molecule has 1 saturated heterocycles. The van der Waals surface area contributed by atoms with Crippen LogP contribution in [0.1, 0.15) is 29.5 Å². The fourth-order valence-electron chi connectivity index (χ4n) is 3.50. The van der Waals surface area contributed by atoms with E-state index in [1.807, 2.05) is 44.2 Å². The number of rotatable bonds is 4. The Labute approximate surface area is 155 Å². The van der Waals surface area contributed by atoms with Crippen molar-refractivity contribution < 1.29 is 4.79 Å². The Kier molecular flexibility index (Phi) is 5.77. The highest BCUT2D eigenvalue weighted by atomic mass is 35.5. The standard InChI is InChI=1S/C21H25ClN2O/c1-15-5-3-6-16(2)20(15)23-21(25)18-7-4-12-24(14-18)13-17-8-10-19(22)11-9-17/h3,5-6,8-11,18H,4,7,12-14H2,1-2H3,(H,23,25). The quantitative estimate of drug-likeness (QED) is 0.852. The summed E-state index contributed by atoms with van der Waals surface area (Å²) in [6.07, 6.45) is 2.01. The number of amides is 1. The number of carbonyl (C=O) groups is 1. The van der Waals surface area contributed by atoms with E-state index in [-0.39, 0.29) is 11.8 Å². The number of anilines is 1. The number of benzene rings is 2. The van der Waals surface area contributed by atoms with E-state index < -0.39 is 0 Å². The number of para-hydroxylation sites is 1. The number of nitrogens with one attached hydrogen (secondary N) is 1. The van der Waals surface area contributed by atoms with Gasteiger partial charge in [0.05, 0.1) is 5.92 Å². The number of nitrogens with zero attached hydrogens (tertiary/aromatic N) is 1. The van der Waals surface area contributed by atoms with E-state index in [4.69, 9.17) is 11.6 Å². The molecule has 3 nitrogen and oxygen atoms in total. The molecule has 1 aliphatic heterocycles. The van der Waals surface area contributed by atoms with E-state index in [1.54, 1.807) is 0 Å². The lowest BCUT2D eigenvalue weighted by Crippen LogP contribution is -2.40. The Balaban J connectivity index is 1.62. The predicted octanol–water partition coefficient (Wildman–Crippen LogP) is 4.81. The van der Waals surface area contributed by atoms with Crippen molar-refractivity contribution in [3.8, 4) is 0 Å². The summed E-state index contributed by atoms with van der Waals surface area (Å²) in [5.41, 5.74) is 4.42. The van der Waals surface area contributed by atoms with Gasteiger partial charge >= 0.3 is 0 Å². The largest absolute Gasteiger partial charge is 0.325 e. The number of hydrogen-bond acceptors (Lipinski definition) is 2. The lowest BCUT2D eigenvalue weighted by Gasteiger charge is -2.32. The number of likely N-dealkylation sites (tertiary alicyclic amines) is 1. The van der Waals surface area contributed by atoms with Crippen molar-refractivity contribution in [2.45, 2.75) is 33.2 Å². The van der Waals surface area contributed by atoms with Crippen LogP contribution in [0.15, 0.2) is 42.5 Å². The number of aryl methyl sites for hydroxylation is 2. The van der Waals surface area contributed by atoms with Crippen molar-refractivity contribution in [3.63, 3.8) is 0 Å². The minimum absolute atomic E-state index is 0.0417. The van der Waals surface area contributed by atoms with Gasteiger partial charge in [-0.3, -0.25) is 9.69 Å². The van der Waals surface area contributed by atoms with Gasteiger partial charge in [0.2, 0.25) is 5.91 Å². The summed E-state index contributed by atoms with van der Waals surface area (Å²) >= 11 is 5.96. The van der Waals surface area contributed by atoms with Crippen molar-refractivity contribution in [1.29, 1.82) is 0 Å². The molecule has 1 fully saturated rings. The van der Waals surface area contributed by atoms with Crippen LogP contribution in [-0.4, -0.2) is 23.9 Å². The average Bonchev–Trinajstić information content (AvgIpc) is 2.60. The van der Waals surface area contributed by atoms with Crippen LogP contribution in [-0.2, 0) is 11.3 Å². The van der Waals surface area contributed by atoms with Crippen molar-refractivity contribution in [2.75, 3.05) is 18.4 Å². The Bertz CT molecular complexity index is 722. The van der Waals surface area contributed by atoms with E-state index in [1.165, 1.54) is 5.56 Å². The molecule has 0 radical (unpaired) electrons. The third-order valence-electron chi connectivity index (χ3n) is 4.93. The molecule has 1 amide bonds. The first-order chi connectivity index (χ1) is 12.0. The topological polar surface area (TPSA) is 32.3 Å². The van der Waals surface area contributed by atoms with Crippen LogP contribution < -0.4 is 5.32 Å². The zero-order chi connectivity index (χ0) is 17.8. The van der Waals surface area contributed by atoms with E-state index in [0.717, 1.165) is 54.3 Å². The maximum atomic E-state index is 12.8. The number of hydrogen-bond donors (Lipinski definition) is 1. The van der Waals surface area contributed by atoms with Gasteiger partial charge in [0.25, 0.3) is 0 Å². The molecule has 4 heteroatoms. The minimum Gasteiger partial charge on any atom is -0.325 e. The van der Waals surface area contributed by atoms with Crippen LogP contribution in [0.5, 0.6) is 0 Å². The summed E-state index contributed by atoms with van der Waals surface area (Å²) in [5, 5.41) is 3.91. The SMILES string of the molecule is Cc1cccc(C)c1NC(=O)C1CCCN(Cc2ccc(Cl)cc2)C1. The Morgan fingerprint density at radius 1 is 1.16 bits per heavy atom. The minimum atomic E-state index is 0.0417. The van der Waals surface area contributed by atoms with Gasteiger partial charge in [-0.2, -0.15) is 0 Å². The average molecular weight is 357 g/mol. The third kappa shape index (κ3) is 4.62. The summed E-state index contributed by atoms with van der Waals surface area (Å²) in [6, 6.07) is 14.1. The van der Waals surface area contributed by atoms with Crippen molar-refractivity contribution in [1.82, 2.24) is 4.90 Å². The van der Waals surface area contributed by atoms with Crippen LogP contribution in [0.2, 0.25) is 5.02 Å². The lowest BCUT2D eigenvalue weighted by molar-refractivity contribution is -0.121.